The molecule has 0 bridgehead atoms. The van der Waals surface area contributed by atoms with E-state index in [1.807, 2.05) is 0 Å². The molecular formula is C29H21Cl2N3O3S. The van der Waals surface area contributed by atoms with Gasteiger partial charge in [0.2, 0.25) is 0 Å². The van der Waals surface area contributed by atoms with Gasteiger partial charge in [0.25, 0.3) is 11.8 Å². The second-order valence-corrected chi connectivity index (χ2v) is 9.85. The third-order valence-electron chi connectivity index (χ3n) is 5.25. The van der Waals surface area contributed by atoms with E-state index in [0.717, 1.165) is 4.90 Å². The summed E-state index contributed by atoms with van der Waals surface area (Å²) in [6.45, 7) is 0. The number of rotatable bonds is 9. The van der Waals surface area contributed by atoms with Gasteiger partial charge in [-0.25, -0.2) is 0 Å². The summed E-state index contributed by atoms with van der Waals surface area (Å²) in [6.07, 6.45) is 4.77. The number of ketones is 1. The molecule has 2 amide bonds. The third-order valence-corrected chi connectivity index (χ3v) is 7.00. The second-order valence-electron chi connectivity index (χ2n) is 7.98. The van der Waals surface area contributed by atoms with Crippen LogP contribution in [0.5, 0.6) is 0 Å². The molecule has 0 unspecified atom stereocenters. The topological polar surface area (TPSA) is 88.2 Å². The summed E-state index contributed by atoms with van der Waals surface area (Å²) in [7, 11) is 0. The molecule has 0 radical (unpaired) electrons. The lowest BCUT2D eigenvalue weighted by molar-refractivity contribution is -0.113. The number of Topliss-reactive ketones (excluding diaryl/α,β-unsaturated/α-hetero) is 1. The Bertz CT molecular complexity index is 1480. The number of hydrogen-bond donors (Lipinski definition) is 2. The lowest BCUT2D eigenvalue weighted by Gasteiger charge is -2.12. The number of carbonyl (C=O) groups excluding carboxylic acids is 3. The molecule has 0 fully saturated rings. The molecule has 38 heavy (non-hydrogen) atoms. The fraction of sp³-hybridized carbons (Fsp3) is 0.0345. The van der Waals surface area contributed by atoms with Crippen LogP contribution in [0, 0.1) is 0 Å². The van der Waals surface area contributed by atoms with Gasteiger partial charge < -0.3 is 10.6 Å². The van der Waals surface area contributed by atoms with Crippen LogP contribution in [0.4, 0.5) is 5.69 Å². The lowest BCUT2D eigenvalue weighted by Crippen LogP contribution is -2.30. The molecule has 1 aromatic heterocycles. The van der Waals surface area contributed by atoms with Crippen LogP contribution in [0.2, 0.25) is 10.0 Å². The number of amides is 2. The molecule has 0 saturated heterocycles. The number of aromatic nitrogens is 1. The Morgan fingerprint density at radius 1 is 0.842 bits per heavy atom. The van der Waals surface area contributed by atoms with Gasteiger partial charge in [-0.15, -0.1) is 11.8 Å². The van der Waals surface area contributed by atoms with E-state index in [9.17, 15) is 14.4 Å². The summed E-state index contributed by atoms with van der Waals surface area (Å²) in [4.78, 5) is 43.2. The number of benzene rings is 3. The van der Waals surface area contributed by atoms with Gasteiger partial charge in [0.1, 0.15) is 5.70 Å². The predicted molar refractivity (Wildman–Crippen MR) is 153 cm³/mol. The quantitative estimate of drug-likeness (QED) is 0.134. The highest BCUT2D eigenvalue weighted by Crippen LogP contribution is 2.25. The molecule has 0 aliphatic carbocycles. The summed E-state index contributed by atoms with van der Waals surface area (Å²) in [5.74, 6) is -0.763. The fourth-order valence-corrected chi connectivity index (χ4v) is 4.40. The van der Waals surface area contributed by atoms with Crippen molar-refractivity contribution in [2.24, 2.45) is 0 Å². The second kappa shape index (κ2) is 13.1. The molecule has 6 nitrogen and oxygen atoms in total. The van der Waals surface area contributed by atoms with E-state index in [4.69, 9.17) is 23.2 Å². The van der Waals surface area contributed by atoms with Crippen molar-refractivity contribution >= 4 is 64.3 Å². The summed E-state index contributed by atoms with van der Waals surface area (Å²) in [5, 5.41) is 6.22. The molecule has 4 rings (SSSR count). The molecule has 0 atom stereocenters. The Hall–Kier alpha value is -3.91. The SMILES string of the molecule is O=C(Nc1ccc(SCC(=O)c2ccc(Cl)c(Cl)c2)cc1)/C(=C/c1cccnc1)NC(=O)c1ccccc1. The molecule has 0 spiro atoms. The van der Waals surface area contributed by atoms with Crippen LogP contribution < -0.4 is 10.6 Å². The zero-order chi connectivity index (χ0) is 26.9. The Morgan fingerprint density at radius 3 is 2.29 bits per heavy atom. The van der Waals surface area contributed by atoms with Gasteiger partial charge in [0, 0.05) is 34.1 Å². The van der Waals surface area contributed by atoms with Gasteiger partial charge >= 0.3 is 0 Å². The first-order valence-corrected chi connectivity index (χ1v) is 13.1. The van der Waals surface area contributed by atoms with E-state index in [1.165, 1.54) is 11.8 Å². The van der Waals surface area contributed by atoms with E-state index in [0.29, 0.717) is 32.4 Å². The Labute approximate surface area is 234 Å². The minimum Gasteiger partial charge on any atom is -0.321 e. The molecule has 4 aromatic rings. The monoisotopic (exact) mass is 561 g/mol. The molecule has 190 valence electrons. The van der Waals surface area contributed by atoms with Crippen LogP contribution in [0.25, 0.3) is 6.08 Å². The molecule has 3 aromatic carbocycles. The number of anilines is 1. The Balaban J connectivity index is 1.42. The maximum absolute atomic E-state index is 13.1. The maximum Gasteiger partial charge on any atom is 0.272 e. The van der Waals surface area contributed by atoms with Crippen molar-refractivity contribution in [3.8, 4) is 0 Å². The average molecular weight is 562 g/mol. The summed E-state index contributed by atoms with van der Waals surface area (Å²) in [6, 6.07) is 24.0. The number of thioether (sulfide) groups is 1. The van der Waals surface area contributed by atoms with Crippen molar-refractivity contribution in [3.05, 3.63) is 130 Å². The normalized spacial score (nSPS) is 11.1. The fourth-order valence-electron chi connectivity index (χ4n) is 3.31. The molecular weight excluding hydrogens is 541 g/mol. The van der Waals surface area contributed by atoms with Gasteiger partial charge in [0.05, 0.1) is 15.8 Å². The molecule has 0 saturated carbocycles. The molecule has 0 aliphatic heterocycles. The highest BCUT2D eigenvalue weighted by atomic mass is 35.5. The highest BCUT2D eigenvalue weighted by molar-refractivity contribution is 8.00. The predicted octanol–water partition coefficient (Wildman–Crippen LogP) is 6.77. The first-order valence-electron chi connectivity index (χ1n) is 11.4. The van der Waals surface area contributed by atoms with Gasteiger partial charge in [-0.3, -0.25) is 19.4 Å². The number of nitrogens with zero attached hydrogens (tertiary/aromatic N) is 1. The van der Waals surface area contributed by atoms with E-state index >= 15 is 0 Å². The largest absolute Gasteiger partial charge is 0.321 e. The van der Waals surface area contributed by atoms with Crippen molar-refractivity contribution in [2.45, 2.75) is 4.90 Å². The van der Waals surface area contributed by atoms with E-state index in [1.54, 1.807) is 103 Å². The van der Waals surface area contributed by atoms with Crippen molar-refractivity contribution in [3.63, 3.8) is 0 Å². The third kappa shape index (κ3) is 7.55. The van der Waals surface area contributed by atoms with Gasteiger partial charge in [0.15, 0.2) is 5.78 Å². The Morgan fingerprint density at radius 2 is 1.61 bits per heavy atom. The van der Waals surface area contributed by atoms with Crippen molar-refractivity contribution in [2.75, 3.05) is 11.1 Å². The molecule has 1 heterocycles. The smallest absolute Gasteiger partial charge is 0.272 e. The summed E-state index contributed by atoms with van der Waals surface area (Å²) in [5.41, 5.74) is 2.17. The van der Waals surface area contributed by atoms with Crippen LogP contribution in [0.3, 0.4) is 0 Å². The van der Waals surface area contributed by atoms with Crippen molar-refractivity contribution in [1.29, 1.82) is 0 Å². The van der Waals surface area contributed by atoms with Crippen LogP contribution in [0.1, 0.15) is 26.3 Å². The Kier molecular flexibility index (Phi) is 9.32. The number of pyridine rings is 1. The van der Waals surface area contributed by atoms with Gasteiger partial charge in [-0.05, 0) is 72.3 Å². The number of hydrogen-bond acceptors (Lipinski definition) is 5. The van der Waals surface area contributed by atoms with Crippen LogP contribution in [-0.2, 0) is 4.79 Å². The number of nitrogens with one attached hydrogen (secondary N) is 2. The zero-order valence-corrected chi connectivity index (χ0v) is 22.2. The van der Waals surface area contributed by atoms with E-state index < -0.39 is 11.8 Å². The van der Waals surface area contributed by atoms with Crippen molar-refractivity contribution in [1.82, 2.24) is 10.3 Å². The van der Waals surface area contributed by atoms with Crippen LogP contribution in [-0.4, -0.2) is 28.3 Å². The van der Waals surface area contributed by atoms with Crippen LogP contribution >= 0.6 is 35.0 Å². The maximum atomic E-state index is 13.1. The standard InChI is InChI=1S/C29H21Cl2N3O3S/c30-24-13-8-21(16-25(24)31)27(35)18-38-23-11-9-22(10-12-23)33-29(37)26(15-19-5-4-14-32-17-19)34-28(36)20-6-2-1-3-7-20/h1-17H,18H2,(H,33,37)(H,34,36)/b26-15-. The lowest BCUT2D eigenvalue weighted by atomic mass is 10.1. The first-order chi connectivity index (χ1) is 18.4. The van der Waals surface area contributed by atoms with E-state index in [-0.39, 0.29) is 17.2 Å². The zero-order valence-electron chi connectivity index (χ0n) is 19.9. The van der Waals surface area contributed by atoms with Gasteiger partial charge in [-0.1, -0.05) is 47.5 Å². The molecule has 2 N–H and O–H groups in total. The average Bonchev–Trinajstić information content (AvgIpc) is 2.94. The highest BCUT2D eigenvalue weighted by Gasteiger charge is 2.15. The summed E-state index contributed by atoms with van der Waals surface area (Å²) >= 11 is 13.3. The number of carbonyl (C=O) groups is 3. The van der Waals surface area contributed by atoms with E-state index in [2.05, 4.69) is 15.6 Å². The van der Waals surface area contributed by atoms with Gasteiger partial charge in [-0.2, -0.15) is 0 Å². The first kappa shape index (κ1) is 27.1. The summed E-state index contributed by atoms with van der Waals surface area (Å²) < 4.78 is 0. The minimum atomic E-state index is -0.492. The molecule has 9 heteroatoms. The van der Waals surface area contributed by atoms with Crippen molar-refractivity contribution < 1.29 is 14.4 Å². The molecule has 0 aliphatic rings. The minimum absolute atomic E-state index is 0.0672. The van der Waals surface area contributed by atoms with Crippen LogP contribution in [0.15, 0.2) is 108 Å². The number of halogens is 2.